The lowest BCUT2D eigenvalue weighted by Gasteiger charge is -2.20. The highest BCUT2D eigenvalue weighted by molar-refractivity contribution is 5.37. The quantitative estimate of drug-likeness (QED) is 0.807. The highest BCUT2D eigenvalue weighted by Gasteiger charge is 2.10. The van der Waals surface area contributed by atoms with E-state index in [1.165, 1.54) is 0 Å². The molecule has 0 amide bonds. The van der Waals surface area contributed by atoms with Gasteiger partial charge in [0.15, 0.2) is 0 Å². The lowest BCUT2D eigenvalue weighted by Crippen LogP contribution is -2.23. The van der Waals surface area contributed by atoms with E-state index >= 15 is 0 Å². The van der Waals surface area contributed by atoms with Crippen LogP contribution in [0.1, 0.15) is 27.2 Å². The number of hydrogen-bond acceptors (Lipinski definition) is 3. The molecule has 1 rings (SSSR count). The second-order valence-electron chi connectivity index (χ2n) is 3.88. The van der Waals surface area contributed by atoms with Crippen molar-refractivity contribution in [2.45, 2.75) is 33.2 Å². The van der Waals surface area contributed by atoms with Crippen LogP contribution in [0.15, 0.2) is 18.2 Å². The van der Waals surface area contributed by atoms with Crippen LogP contribution in [0.2, 0.25) is 0 Å². The number of methoxy groups -OCH3 is 1. The average Bonchev–Trinajstić information content (AvgIpc) is 2.28. The molecule has 0 bridgehead atoms. The van der Waals surface area contributed by atoms with Gasteiger partial charge in [-0.15, -0.1) is 0 Å². The largest absolute Gasteiger partial charge is 0.481 e. The van der Waals surface area contributed by atoms with Crippen molar-refractivity contribution >= 4 is 5.82 Å². The van der Waals surface area contributed by atoms with Gasteiger partial charge in [-0.1, -0.05) is 26.3 Å². The topological polar surface area (TPSA) is 34.1 Å². The van der Waals surface area contributed by atoms with Gasteiger partial charge in [-0.2, -0.15) is 4.98 Å². The molecule has 0 aliphatic rings. The Morgan fingerprint density at radius 1 is 1.40 bits per heavy atom. The Morgan fingerprint density at radius 2 is 2.13 bits per heavy atom. The van der Waals surface area contributed by atoms with Gasteiger partial charge in [0.05, 0.1) is 7.11 Å². The minimum atomic E-state index is 0.426. The van der Waals surface area contributed by atoms with Crippen molar-refractivity contribution in [2.24, 2.45) is 5.92 Å². The van der Waals surface area contributed by atoms with Gasteiger partial charge in [-0.3, -0.25) is 0 Å². The van der Waals surface area contributed by atoms with Gasteiger partial charge in [-0.05, 0) is 18.9 Å². The van der Waals surface area contributed by atoms with E-state index < -0.39 is 0 Å². The summed E-state index contributed by atoms with van der Waals surface area (Å²) in [7, 11) is 1.63. The molecule has 3 nitrogen and oxygen atoms in total. The van der Waals surface area contributed by atoms with E-state index in [0.717, 1.165) is 12.2 Å². The van der Waals surface area contributed by atoms with Crippen molar-refractivity contribution in [3.63, 3.8) is 0 Å². The summed E-state index contributed by atoms with van der Waals surface area (Å²) in [6.07, 6.45) is 1.16. The van der Waals surface area contributed by atoms with Gasteiger partial charge in [0.1, 0.15) is 5.82 Å². The fourth-order valence-electron chi connectivity index (χ4n) is 1.34. The van der Waals surface area contributed by atoms with Crippen LogP contribution in [-0.2, 0) is 0 Å². The smallest absolute Gasteiger partial charge is 0.214 e. The molecular weight excluding hydrogens is 188 g/mol. The highest BCUT2D eigenvalue weighted by atomic mass is 16.5. The van der Waals surface area contributed by atoms with Crippen LogP contribution in [-0.4, -0.2) is 18.1 Å². The molecule has 2 unspecified atom stereocenters. The van der Waals surface area contributed by atoms with E-state index in [2.05, 4.69) is 31.1 Å². The number of anilines is 1. The number of nitrogens with zero attached hydrogens (tertiary/aromatic N) is 1. The lowest BCUT2D eigenvalue weighted by atomic mass is 10.0. The Labute approximate surface area is 91.9 Å². The molecule has 1 aromatic rings. The van der Waals surface area contributed by atoms with Crippen LogP contribution in [0.5, 0.6) is 5.88 Å². The Kier molecular flexibility index (Phi) is 4.40. The molecule has 0 aromatic carbocycles. The van der Waals surface area contributed by atoms with Gasteiger partial charge in [0, 0.05) is 12.1 Å². The third kappa shape index (κ3) is 3.42. The van der Waals surface area contributed by atoms with Crippen molar-refractivity contribution in [3.8, 4) is 5.88 Å². The fraction of sp³-hybridized carbons (Fsp3) is 0.583. The van der Waals surface area contributed by atoms with Crippen molar-refractivity contribution < 1.29 is 4.74 Å². The lowest BCUT2D eigenvalue weighted by molar-refractivity contribution is 0.398. The van der Waals surface area contributed by atoms with Gasteiger partial charge in [0.25, 0.3) is 0 Å². The highest BCUT2D eigenvalue weighted by Crippen LogP contribution is 2.15. The van der Waals surface area contributed by atoms with E-state index in [1.807, 2.05) is 18.2 Å². The predicted octanol–water partition coefficient (Wildman–Crippen LogP) is 2.94. The summed E-state index contributed by atoms with van der Waals surface area (Å²) in [5, 5.41) is 3.38. The molecule has 0 fully saturated rings. The summed E-state index contributed by atoms with van der Waals surface area (Å²) in [5.74, 6) is 2.16. The SMILES string of the molecule is CCC(C)C(C)Nc1cccc(OC)n1. The summed E-state index contributed by atoms with van der Waals surface area (Å²) in [5.41, 5.74) is 0. The van der Waals surface area contributed by atoms with Crippen LogP contribution in [0.3, 0.4) is 0 Å². The monoisotopic (exact) mass is 208 g/mol. The molecule has 84 valence electrons. The third-order valence-electron chi connectivity index (χ3n) is 2.81. The molecule has 1 N–H and O–H groups in total. The normalized spacial score (nSPS) is 14.4. The molecule has 0 radical (unpaired) electrons. The predicted molar refractivity (Wildman–Crippen MR) is 63.3 cm³/mol. The van der Waals surface area contributed by atoms with E-state index in [0.29, 0.717) is 17.8 Å². The van der Waals surface area contributed by atoms with Gasteiger partial charge >= 0.3 is 0 Å². The van der Waals surface area contributed by atoms with Gasteiger partial charge in [-0.25, -0.2) is 0 Å². The third-order valence-corrected chi connectivity index (χ3v) is 2.81. The van der Waals surface area contributed by atoms with Gasteiger partial charge in [0.2, 0.25) is 5.88 Å². The maximum atomic E-state index is 5.07. The number of aromatic nitrogens is 1. The molecule has 0 aliphatic heterocycles. The minimum absolute atomic E-state index is 0.426. The summed E-state index contributed by atoms with van der Waals surface area (Å²) in [6, 6.07) is 6.17. The molecule has 0 saturated carbocycles. The summed E-state index contributed by atoms with van der Waals surface area (Å²) in [4.78, 5) is 4.31. The number of nitrogens with one attached hydrogen (secondary N) is 1. The zero-order valence-electron chi connectivity index (χ0n) is 9.95. The molecule has 15 heavy (non-hydrogen) atoms. The first-order valence-corrected chi connectivity index (χ1v) is 5.45. The van der Waals surface area contributed by atoms with Crippen molar-refractivity contribution in [1.82, 2.24) is 4.98 Å². The summed E-state index contributed by atoms with van der Waals surface area (Å²) in [6.45, 7) is 6.61. The second kappa shape index (κ2) is 5.59. The minimum Gasteiger partial charge on any atom is -0.481 e. The number of rotatable bonds is 5. The molecule has 3 heteroatoms. The molecule has 2 atom stereocenters. The van der Waals surface area contributed by atoms with E-state index in [9.17, 15) is 0 Å². The Balaban J connectivity index is 2.63. The van der Waals surface area contributed by atoms with Crippen LogP contribution in [0.25, 0.3) is 0 Å². The number of pyridine rings is 1. The van der Waals surface area contributed by atoms with Crippen LogP contribution < -0.4 is 10.1 Å². The van der Waals surface area contributed by atoms with Crippen molar-refractivity contribution in [2.75, 3.05) is 12.4 Å². The summed E-state index contributed by atoms with van der Waals surface area (Å²) >= 11 is 0. The molecular formula is C12H20N2O. The van der Waals surface area contributed by atoms with E-state index in [4.69, 9.17) is 4.74 Å². The molecule has 0 aliphatic carbocycles. The van der Waals surface area contributed by atoms with Crippen molar-refractivity contribution in [3.05, 3.63) is 18.2 Å². The molecule has 1 aromatic heterocycles. The maximum Gasteiger partial charge on any atom is 0.214 e. The number of hydrogen-bond donors (Lipinski definition) is 1. The average molecular weight is 208 g/mol. The zero-order valence-corrected chi connectivity index (χ0v) is 9.95. The summed E-state index contributed by atoms with van der Waals surface area (Å²) < 4.78 is 5.07. The van der Waals surface area contributed by atoms with Crippen LogP contribution in [0, 0.1) is 5.92 Å². The van der Waals surface area contributed by atoms with E-state index in [1.54, 1.807) is 7.11 Å². The van der Waals surface area contributed by atoms with Gasteiger partial charge < -0.3 is 10.1 Å². The Bertz CT molecular complexity index is 301. The zero-order chi connectivity index (χ0) is 11.3. The molecule has 1 heterocycles. The maximum absolute atomic E-state index is 5.07. The standard InChI is InChI=1S/C12H20N2O/c1-5-9(2)10(3)13-11-7-6-8-12(14-11)15-4/h6-10H,5H2,1-4H3,(H,13,14). The van der Waals surface area contributed by atoms with Crippen molar-refractivity contribution in [1.29, 1.82) is 0 Å². The first kappa shape index (κ1) is 11.8. The van der Waals surface area contributed by atoms with Crippen LogP contribution in [0.4, 0.5) is 5.82 Å². The second-order valence-corrected chi connectivity index (χ2v) is 3.88. The first-order valence-electron chi connectivity index (χ1n) is 5.45. The fourth-order valence-corrected chi connectivity index (χ4v) is 1.34. The Morgan fingerprint density at radius 3 is 2.73 bits per heavy atom. The van der Waals surface area contributed by atoms with E-state index in [-0.39, 0.29) is 0 Å². The Hall–Kier alpha value is -1.25. The molecule has 0 saturated heterocycles. The number of ether oxygens (including phenoxy) is 1. The first-order chi connectivity index (χ1) is 7.17. The van der Waals surface area contributed by atoms with Crippen LogP contribution >= 0.6 is 0 Å². The molecule has 0 spiro atoms.